The Morgan fingerprint density at radius 1 is 1.44 bits per heavy atom. The molecule has 0 fully saturated rings. The number of pyridine rings is 1. The van der Waals surface area contributed by atoms with E-state index in [4.69, 9.17) is 11.5 Å². The summed E-state index contributed by atoms with van der Waals surface area (Å²) in [6, 6.07) is 4.96. The van der Waals surface area contributed by atoms with E-state index in [2.05, 4.69) is 9.71 Å². The number of sulfonamides is 1. The number of nitrogens with two attached hydrogens (primary N) is 2. The summed E-state index contributed by atoms with van der Waals surface area (Å²) in [6.07, 6.45) is 1.51. The minimum Gasteiger partial charge on any atom is -0.381 e. The van der Waals surface area contributed by atoms with Crippen LogP contribution in [0.15, 0.2) is 29.4 Å². The van der Waals surface area contributed by atoms with E-state index in [1.807, 2.05) is 0 Å². The van der Waals surface area contributed by atoms with Crippen molar-refractivity contribution in [2.75, 3.05) is 12.3 Å². The molecule has 9 heteroatoms. The van der Waals surface area contributed by atoms with Crippen LogP contribution in [-0.4, -0.2) is 30.3 Å². The molecule has 0 aromatic carbocycles. The molecule has 0 aliphatic heterocycles. The van der Waals surface area contributed by atoms with Crippen LogP contribution in [0.2, 0.25) is 0 Å². The minimum absolute atomic E-state index is 0.141. The Labute approximate surface area is 103 Å². The van der Waals surface area contributed by atoms with Crippen molar-refractivity contribution in [2.24, 2.45) is 5.73 Å². The van der Waals surface area contributed by atoms with Gasteiger partial charge in [-0.25, -0.2) is 18.1 Å². The van der Waals surface area contributed by atoms with Crippen molar-refractivity contribution >= 4 is 27.4 Å². The first-order chi connectivity index (χ1) is 8.42. The predicted molar refractivity (Wildman–Crippen MR) is 64.0 cm³/mol. The van der Waals surface area contributed by atoms with Gasteiger partial charge in [-0.05, 0) is 12.1 Å². The van der Waals surface area contributed by atoms with Gasteiger partial charge in [0.1, 0.15) is 5.65 Å². The summed E-state index contributed by atoms with van der Waals surface area (Å²) >= 11 is 0. The molecule has 0 aliphatic rings. The smallest absolute Gasteiger partial charge is 0.260 e. The third-order valence-corrected chi connectivity index (χ3v) is 3.64. The van der Waals surface area contributed by atoms with E-state index in [1.54, 1.807) is 18.2 Å². The van der Waals surface area contributed by atoms with E-state index in [1.165, 1.54) is 10.6 Å². The fourth-order valence-corrected chi connectivity index (χ4v) is 2.70. The fraction of sp³-hybridized carbons (Fsp3) is 0.111. The first-order valence-electron chi connectivity index (χ1n) is 4.92. The van der Waals surface area contributed by atoms with E-state index in [-0.39, 0.29) is 10.8 Å². The quantitative estimate of drug-likeness (QED) is 0.633. The molecule has 0 bridgehead atoms. The van der Waals surface area contributed by atoms with Gasteiger partial charge in [0, 0.05) is 6.20 Å². The normalized spacial score (nSPS) is 11.8. The van der Waals surface area contributed by atoms with Crippen molar-refractivity contribution in [3.05, 3.63) is 24.4 Å². The van der Waals surface area contributed by atoms with Gasteiger partial charge in [-0.2, -0.15) is 0 Å². The molecule has 1 amide bonds. The number of nitrogens with zero attached hydrogens (tertiary/aromatic N) is 2. The second-order valence-electron chi connectivity index (χ2n) is 3.52. The Hall–Kier alpha value is -2.13. The monoisotopic (exact) mass is 269 g/mol. The number of imidazole rings is 1. The molecule has 0 saturated carbocycles. The zero-order valence-corrected chi connectivity index (χ0v) is 10.0. The van der Waals surface area contributed by atoms with Gasteiger partial charge in [0.05, 0.1) is 6.54 Å². The van der Waals surface area contributed by atoms with E-state index in [0.29, 0.717) is 5.65 Å². The molecule has 0 aliphatic carbocycles. The Bertz CT molecular complexity index is 706. The lowest BCUT2D eigenvalue weighted by Crippen LogP contribution is -2.34. The summed E-state index contributed by atoms with van der Waals surface area (Å²) in [7, 11) is -3.94. The highest BCUT2D eigenvalue weighted by molar-refractivity contribution is 7.89. The number of anilines is 1. The van der Waals surface area contributed by atoms with Crippen molar-refractivity contribution < 1.29 is 13.2 Å². The lowest BCUT2D eigenvalue weighted by atomic mass is 10.5. The summed E-state index contributed by atoms with van der Waals surface area (Å²) in [5, 5.41) is -0.209. The Kier molecular flexibility index (Phi) is 2.93. The maximum atomic E-state index is 12.0. The van der Waals surface area contributed by atoms with E-state index in [0.717, 1.165) is 0 Å². The molecule has 18 heavy (non-hydrogen) atoms. The lowest BCUT2D eigenvalue weighted by Gasteiger charge is -2.05. The average molecular weight is 269 g/mol. The first-order valence-corrected chi connectivity index (χ1v) is 6.40. The first kappa shape index (κ1) is 12.3. The van der Waals surface area contributed by atoms with Crippen molar-refractivity contribution in [2.45, 2.75) is 5.03 Å². The standard InChI is InChI=1S/C9H11N5O3S/c10-6(15)5-12-18(16,17)9-8(11)13-7-3-1-2-4-14(7)9/h1-4,12H,5,11H2,(H2,10,15). The zero-order chi connectivity index (χ0) is 13.3. The molecular formula is C9H11N5O3S. The number of rotatable bonds is 4. The number of carbonyl (C=O) groups is 1. The van der Waals surface area contributed by atoms with Gasteiger partial charge < -0.3 is 11.5 Å². The number of aromatic nitrogens is 2. The van der Waals surface area contributed by atoms with Crippen molar-refractivity contribution in [1.29, 1.82) is 0 Å². The summed E-state index contributed by atoms with van der Waals surface area (Å²) in [6.45, 7) is -0.498. The van der Waals surface area contributed by atoms with Gasteiger partial charge in [0.25, 0.3) is 10.0 Å². The number of hydrogen-bond donors (Lipinski definition) is 3. The van der Waals surface area contributed by atoms with Gasteiger partial charge in [-0.3, -0.25) is 9.20 Å². The summed E-state index contributed by atoms with van der Waals surface area (Å²) in [4.78, 5) is 14.5. The molecule has 2 aromatic heterocycles. The maximum Gasteiger partial charge on any atom is 0.260 e. The van der Waals surface area contributed by atoms with Crippen LogP contribution in [0.3, 0.4) is 0 Å². The number of nitrogens with one attached hydrogen (secondary N) is 1. The number of carbonyl (C=O) groups excluding carboxylic acids is 1. The predicted octanol–water partition coefficient (Wildman–Crippen LogP) is -1.32. The van der Waals surface area contributed by atoms with Gasteiger partial charge in [0.2, 0.25) is 5.91 Å². The summed E-state index contributed by atoms with van der Waals surface area (Å²) in [5.74, 6) is -0.927. The van der Waals surface area contributed by atoms with Crippen molar-refractivity contribution in [3.8, 4) is 0 Å². The number of fused-ring (bicyclic) bond motifs is 1. The topological polar surface area (TPSA) is 133 Å². The summed E-state index contributed by atoms with van der Waals surface area (Å²) < 4.78 is 27.3. The molecule has 2 aromatic rings. The van der Waals surface area contributed by atoms with Crippen LogP contribution in [-0.2, 0) is 14.8 Å². The molecule has 5 N–H and O–H groups in total. The van der Waals surface area contributed by atoms with Crippen LogP contribution in [0.4, 0.5) is 5.82 Å². The highest BCUT2D eigenvalue weighted by atomic mass is 32.2. The molecule has 0 radical (unpaired) electrons. The molecule has 0 spiro atoms. The van der Waals surface area contributed by atoms with Gasteiger partial charge in [-0.1, -0.05) is 6.07 Å². The molecule has 2 heterocycles. The van der Waals surface area contributed by atoms with E-state index >= 15 is 0 Å². The van der Waals surface area contributed by atoms with Crippen LogP contribution in [0.5, 0.6) is 0 Å². The Morgan fingerprint density at radius 3 is 2.83 bits per heavy atom. The lowest BCUT2D eigenvalue weighted by molar-refractivity contribution is -0.116. The third kappa shape index (κ3) is 2.13. The molecule has 0 saturated heterocycles. The minimum atomic E-state index is -3.94. The Morgan fingerprint density at radius 2 is 2.17 bits per heavy atom. The number of nitrogen functional groups attached to an aromatic ring is 1. The molecule has 0 unspecified atom stereocenters. The van der Waals surface area contributed by atoms with Crippen LogP contribution < -0.4 is 16.2 Å². The SMILES string of the molecule is NC(=O)CNS(=O)(=O)c1c(N)nc2ccccn12. The highest BCUT2D eigenvalue weighted by Crippen LogP contribution is 2.19. The maximum absolute atomic E-state index is 12.0. The van der Waals surface area contributed by atoms with Gasteiger partial charge in [-0.15, -0.1) is 0 Å². The second-order valence-corrected chi connectivity index (χ2v) is 5.20. The van der Waals surface area contributed by atoms with Crippen molar-refractivity contribution in [3.63, 3.8) is 0 Å². The molecule has 96 valence electrons. The van der Waals surface area contributed by atoms with Gasteiger partial charge in [0.15, 0.2) is 10.8 Å². The fourth-order valence-electron chi connectivity index (χ4n) is 1.49. The van der Waals surface area contributed by atoms with Crippen LogP contribution in [0, 0.1) is 0 Å². The largest absolute Gasteiger partial charge is 0.381 e. The summed E-state index contributed by atoms with van der Waals surface area (Å²) in [5.41, 5.74) is 10.9. The van der Waals surface area contributed by atoms with Crippen LogP contribution >= 0.6 is 0 Å². The molecule has 2 rings (SSSR count). The molecular weight excluding hydrogens is 258 g/mol. The zero-order valence-electron chi connectivity index (χ0n) is 9.20. The van der Waals surface area contributed by atoms with Crippen molar-refractivity contribution in [1.82, 2.24) is 14.1 Å². The van der Waals surface area contributed by atoms with Gasteiger partial charge >= 0.3 is 0 Å². The third-order valence-electron chi connectivity index (χ3n) is 2.20. The molecule has 0 atom stereocenters. The number of primary amides is 1. The van der Waals surface area contributed by atoms with Crippen LogP contribution in [0.25, 0.3) is 5.65 Å². The van der Waals surface area contributed by atoms with Crippen LogP contribution in [0.1, 0.15) is 0 Å². The average Bonchev–Trinajstić information content (AvgIpc) is 2.63. The highest BCUT2D eigenvalue weighted by Gasteiger charge is 2.23. The Balaban J connectivity index is 2.53. The number of hydrogen-bond acceptors (Lipinski definition) is 5. The molecule has 8 nitrogen and oxygen atoms in total. The number of amides is 1. The van der Waals surface area contributed by atoms with E-state index in [9.17, 15) is 13.2 Å². The van der Waals surface area contributed by atoms with E-state index < -0.39 is 22.5 Å². The second kappa shape index (κ2) is 4.27.